The molecule has 0 amide bonds. The van der Waals surface area contributed by atoms with Crippen LogP contribution in [0.2, 0.25) is 0 Å². The fourth-order valence-electron chi connectivity index (χ4n) is 2.06. The first-order valence-corrected chi connectivity index (χ1v) is 7.53. The molecule has 1 aromatic carbocycles. The normalized spacial score (nSPS) is 17.4. The lowest BCUT2D eigenvalue weighted by molar-refractivity contribution is -0.137. The van der Waals surface area contributed by atoms with E-state index in [0.29, 0.717) is 19.2 Å². The number of hydrogen-bond acceptors (Lipinski definition) is 4. The van der Waals surface area contributed by atoms with E-state index in [1.54, 1.807) is 0 Å². The summed E-state index contributed by atoms with van der Waals surface area (Å²) in [7, 11) is -3.88. The maximum atomic E-state index is 12.7. The van der Waals surface area contributed by atoms with E-state index in [9.17, 15) is 21.6 Å². The highest BCUT2D eigenvalue weighted by Crippen LogP contribution is 2.33. The second kappa shape index (κ2) is 5.63. The van der Waals surface area contributed by atoms with Gasteiger partial charge >= 0.3 is 6.18 Å². The summed E-state index contributed by atoms with van der Waals surface area (Å²) in [6.45, 7) is 1.44. The van der Waals surface area contributed by atoms with E-state index in [2.05, 4.69) is 5.32 Å². The van der Waals surface area contributed by atoms with Gasteiger partial charge in [0.1, 0.15) is 0 Å². The van der Waals surface area contributed by atoms with Crippen molar-refractivity contribution in [2.45, 2.75) is 11.1 Å². The Morgan fingerprint density at radius 1 is 1.24 bits per heavy atom. The summed E-state index contributed by atoms with van der Waals surface area (Å²) in [5, 5.41) is 11.8. The molecule has 2 rings (SSSR count). The second-order valence-corrected chi connectivity index (χ2v) is 6.41. The number of halogens is 3. The molecule has 9 heteroatoms. The molecule has 0 spiro atoms. The molecule has 1 heterocycles. The molecule has 1 N–H and O–H groups in total. The van der Waals surface area contributed by atoms with Crippen molar-refractivity contribution in [3.05, 3.63) is 29.3 Å². The monoisotopic (exact) mass is 319 g/mol. The zero-order valence-electron chi connectivity index (χ0n) is 10.8. The summed E-state index contributed by atoms with van der Waals surface area (Å²) >= 11 is 0. The summed E-state index contributed by atoms with van der Waals surface area (Å²) in [5.74, 6) is 0. The number of hydrogen-bond donors (Lipinski definition) is 1. The van der Waals surface area contributed by atoms with Crippen LogP contribution in [0.3, 0.4) is 0 Å². The van der Waals surface area contributed by atoms with Crippen molar-refractivity contribution in [3.8, 4) is 6.07 Å². The number of nitrogens with zero attached hydrogens (tertiary/aromatic N) is 2. The van der Waals surface area contributed by atoms with Gasteiger partial charge in [0.15, 0.2) is 0 Å². The quantitative estimate of drug-likeness (QED) is 0.888. The number of nitrogens with one attached hydrogen (secondary N) is 1. The Labute approximate surface area is 120 Å². The van der Waals surface area contributed by atoms with Crippen molar-refractivity contribution in [1.82, 2.24) is 9.62 Å². The van der Waals surface area contributed by atoms with Gasteiger partial charge in [0.25, 0.3) is 0 Å². The lowest BCUT2D eigenvalue weighted by atomic mass is 10.1. The Hall–Kier alpha value is -1.63. The van der Waals surface area contributed by atoms with Crippen molar-refractivity contribution >= 4 is 10.0 Å². The molecule has 114 valence electrons. The average molecular weight is 319 g/mol. The summed E-state index contributed by atoms with van der Waals surface area (Å²) in [5.41, 5.74) is -1.83. The molecule has 1 fully saturated rings. The van der Waals surface area contributed by atoms with Crippen molar-refractivity contribution < 1.29 is 21.6 Å². The fourth-order valence-corrected chi connectivity index (χ4v) is 3.53. The van der Waals surface area contributed by atoms with Crippen molar-refractivity contribution in [1.29, 1.82) is 5.26 Å². The Balaban J connectivity index is 2.44. The minimum Gasteiger partial charge on any atom is -0.314 e. The minimum absolute atomic E-state index is 0.241. The third kappa shape index (κ3) is 3.18. The van der Waals surface area contributed by atoms with Crippen LogP contribution in [0.4, 0.5) is 13.2 Å². The highest BCUT2D eigenvalue weighted by atomic mass is 32.2. The van der Waals surface area contributed by atoms with E-state index in [0.717, 1.165) is 12.1 Å². The first kappa shape index (κ1) is 15.8. The zero-order chi connectivity index (χ0) is 15.7. The predicted molar refractivity (Wildman–Crippen MR) is 67.8 cm³/mol. The molecule has 21 heavy (non-hydrogen) atoms. The van der Waals surface area contributed by atoms with Crippen LogP contribution in [0.1, 0.15) is 11.1 Å². The van der Waals surface area contributed by atoms with Gasteiger partial charge in [-0.1, -0.05) is 0 Å². The lowest BCUT2D eigenvalue weighted by Crippen LogP contribution is -2.46. The molecular formula is C12H12F3N3O2S. The smallest absolute Gasteiger partial charge is 0.314 e. The van der Waals surface area contributed by atoms with Gasteiger partial charge in [-0.3, -0.25) is 0 Å². The number of rotatable bonds is 2. The predicted octanol–water partition coefficient (Wildman–Crippen LogP) is 1.17. The van der Waals surface area contributed by atoms with Gasteiger partial charge in [-0.05, 0) is 18.2 Å². The first-order chi connectivity index (χ1) is 9.76. The van der Waals surface area contributed by atoms with Gasteiger partial charge in [0.05, 0.1) is 22.1 Å². The molecule has 0 radical (unpaired) electrons. The largest absolute Gasteiger partial charge is 0.417 e. The summed E-state index contributed by atoms with van der Waals surface area (Å²) in [6, 6.07) is 3.70. The van der Waals surface area contributed by atoms with E-state index in [1.165, 1.54) is 10.4 Å². The van der Waals surface area contributed by atoms with Crippen LogP contribution >= 0.6 is 0 Å². The molecule has 0 aliphatic carbocycles. The van der Waals surface area contributed by atoms with E-state index < -0.39 is 27.3 Å². The maximum absolute atomic E-state index is 12.7. The number of alkyl halides is 3. The number of sulfonamides is 1. The Morgan fingerprint density at radius 3 is 2.38 bits per heavy atom. The van der Waals surface area contributed by atoms with Crippen LogP contribution in [-0.4, -0.2) is 38.9 Å². The zero-order valence-corrected chi connectivity index (χ0v) is 11.6. The van der Waals surface area contributed by atoms with Gasteiger partial charge in [-0.15, -0.1) is 0 Å². The van der Waals surface area contributed by atoms with Crippen LogP contribution in [0.15, 0.2) is 23.1 Å². The highest BCUT2D eigenvalue weighted by molar-refractivity contribution is 7.89. The highest BCUT2D eigenvalue weighted by Gasteiger charge is 2.35. The molecule has 0 atom stereocenters. The van der Waals surface area contributed by atoms with E-state index in [4.69, 9.17) is 5.26 Å². The van der Waals surface area contributed by atoms with Crippen molar-refractivity contribution in [2.24, 2.45) is 0 Å². The molecule has 1 saturated heterocycles. The summed E-state index contributed by atoms with van der Waals surface area (Å²) < 4.78 is 63.9. The number of benzene rings is 1. The van der Waals surface area contributed by atoms with Gasteiger partial charge < -0.3 is 5.32 Å². The molecule has 5 nitrogen and oxygen atoms in total. The molecule has 0 unspecified atom stereocenters. The molecule has 1 aliphatic heterocycles. The molecule has 1 aliphatic rings. The topological polar surface area (TPSA) is 73.2 Å². The second-order valence-electron chi connectivity index (χ2n) is 4.47. The Kier molecular flexibility index (Phi) is 4.22. The standard InChI is InChI=1S/C12H12F3N3O2S/c13-12(14,15)11-2-1-10(7-9(11)8-16)21(19,20)18-5-3-17-4-6-18/h1-2,7,17H,3-6H2. The van der Waals surface area contributed by atoms with Crippen LogP contribution in [0.25, 0.3) is 0 Å². The van der Waals surface area contributed by atoms with Gasteiger partial charge in [0.2, 0.25) is 10.0 Å². The first-order valence-electron chi connectivity index (χ1n) is 6.09. The fraction of sp³-hybridized carbons (Fsp3) is 0.417. The van der Waals surface area contributed by atoms with E-state index >= 15 is 0 Å². The molecule has 0 bridgehead atoms. The van der Waals surface area contributed by atoms with E-state index in [1.807, 2.05) is 0 Å². The Bertz CT molecular complexity index is 674. The third-order valence-corrected chi connectivity index (χ3v) is 5.03. The van der Waals surface area contributed by atoms with Crippen LogP contribution in [0.5, 0.6) is 0 Å². The molecule has 1 aromatic rings. The lowest BCUT2D eigenvalue weighted by Gasteiger charge is -2.26. The molecular weight excluding hydrogens is 307 g/mol. The summed E-state index contributed by atoms with van der Waals surface area (Å²) in [6.07, 6.45) is -4.69. The SMILES string of the molecule is N#Cc1cc(S(=O)(=O)N2CCNCC2)ccc1C(F)(F)F. The van der Waals surface area contributed by atoms with Crippen molar-refractivity contribution in [3.63, 3.8) is 0 Å². The van der Waals surface area contributed by atoms with Crippen LogP contribution in [-0.2, 0) is 16.2 Å². The van der Waals surface area contributed by atoms with Crippen LogP contribution in [0, 0.1) is 11.3 Å². The number of piperazine rings is 1. The van der Waals surface area contributed by atoms with Crippen LogP contribution < -0.4 is 5.32 Å². The molecule has 0 saturated carbocycles. The molecule has 0 aromatic heterocycles. The third-order valence-electron chi connectivity index (χ3n) is 3.13. The average Bonchev–Trinajstić information content (AvgIpc) is 2.46. The maximum Gasteiger partial charge on any atom is 0.417 e. The van der Waals surface area contributed by atoms with Gasteiger partial charge in [-0.2, -0.15) is 22.7 Å². The Morgan fingerprint density at radius 2 is 1.86 bits per heavy atom. The summed E-state index contributed by atoms with van der Waals surface area (Å²) in [4.78, 5) is -0.297. The minimum atomic E-state index is -4.69. The van der Waals surface area contributed by atoms with Gasteiger partial charge in [0, 0.05) is 26.2 Å². The van der Waals surface area contributed by atoms with Crippen molar-refractivity contribution in [2.75, 3.05) is 26.2 Å². The van der Waals surface area contributed by atoms with E-state index in [-0.39, 0.29) is 18.0 Å². The van der Waals surface area contributed by atoms with Gasteiger partial charge in [-0.25, -0.2) is 8.42 Å². The number of nitriles is 1.